The highest BCUT2D eigenvalue weighted by Crippen LogP contribution is 1.96. The fraction of sp³-hybridized carbons (Fsp3) is 1.00. The molecule has 0 aromatic rings. The second kappa shape index (κ2) is 14.3. The second-order valence-electron chi connectivity index (χ2n) is 3.86. The van der Waals surface area contributed by atoms with Crippen LogP contribution in [0.15, 0.2) is 0 Å². The van der Waals surface area contributed by atoms with Crippen molar-refractivity contribution in [3.63, 3.8) is 0 Å². The lowest BCUT2D eigenvalue weighted by molar-refractivity contribution is 0.437. The molecule has 5 heteroatoms. The molecule has 92 valence electrons. The summed E-state index contributed by atoms with van der Waals surface area (Å²) >= 11 is 0. The molecule has 15 heavy (non-hydrogen) atoms. The molecule has 0 atom stereocenters. The molecule has 1 N–H and O–H groups in total. The Labute approximate surface area is 99.2 Å². The topological polar surface area (TPSA) is 30.5 Å². The van der Waals surface area contributed by atoms with E-state index in [1.54, 1.807) is 0 Å². The summed E-state index contributed by atoms with van der Waals surface area (Å²) in [5, 5.41) is 3.49. The molecule has 0 aliphatic heterocycles. The molecule has 0 aliphatic carbocycles. The third-order valence-electron chi connectivity index (χ3n) is 2.40. The summed E-state index contributed by atoms with van der Waals surface area (Å²) in [5.74, 6) is 0. The predicted molar refractivity (Wildman–Crippen MR) is 72.1 cm³/mol. The smallest absolute Gasteiger partial charge is 0.161 e. The predicted octanol–water partition coefficient (Wildman–Crippen LogP) is 0.433. The minimum atomic E-state index is -0.169. The van der Waals surface area contributed by atoms with Crippen molar-refractivity contribution >= 4 is 19.5 Å². The van der Waals surface area contributed by atoms with E-state index in [0.29, 0.717) is 0 Å². The molecule has 0 rings (SSSR count). The Morgan fingerprint density at radius 3 is 1.67 bits per heavy atom. The summed E-state index contributed by atoms with van der Waals surface area (Å²) in [6.45, 7) is 2.36. The molecule has 0 spiro atoms. The molecule has 0 unspecified atom stereocenters. The third kappa shape index (κ3) is 14.3. The number of nitrogens with one attached hydrogen (secondary N) is 1. The van der Waals surface area contributed by atoms with Gasteiger partial charge in [0.2, 0.25) is 0 Å². The first-order valence-corrected chi connectivity index (χ1v) is 9.26. The maximum absolute atomic E-state index is 5.13. The van der Waals surface area contributed by atoms with Crippen molar-refractivity contribution in [1.29, 1.82) is 0 Å². The molecule has 0 aliphatic rings. The highest BCUT2D eigenvalue weighted by molar-refractivity contribution is 6.27. The maximum Gasteiger partial charge on any atom is 0.161 e. The Bertz CT molecular complexity index is 106. The summed E-state index contributed by atoms with van der Waals surface area (Å²) in [4.78, 5) is 0. The fourth-order valence-corrected chi connectivity index (χ4v) is 3.16. The van der Waals surface area contributed by atoms with Crippen molar-refractivity contribution < 1.29 is 8.85 Å². The van der Waals surface area contributed by atoms with Crippen LogP contribution in [0.4, 0.5) is 0 Å². The third-order valence-corrected chi connectivity index (χ3v) is 4.80. The van der Waals surface area contributed by atoms with E-state index >= 15 is 0 Å². The number of unbranched alkanes of at least 4 members (excludes halogenated alkanes) is 2. The average molecular weight is 250 g/mol. The van der Waals surface area contributed by atoms with Gasteiger partial charge >= 0.3 is 0 Å². The zero-order valence-electron chi connectivity index (χ0n) is 10.4. The van der Waals surface area contributed by atoms with Crippen LogP contribution >= 0.6 is 0 Å². The zero-order chi connectivity index (χ0) is 11.2. The van der Waals surface area contributed by atoms with Gasteiger partial charge in [0.05, 0.1) is 0 Å². The Morgan fingerprint density at radius 2 is 1.27 bits per heavy atom. The Balaban J connectivity index is 2.81. The molecule has 0 amide bonds. The highest BCUT2D eigenvalue weighted by atomic mass is 28.2. The summed E-state index contributed by atoms with van der Waals surface area (Å²) in [6.07, 6.45) is 5.29. The van der Waals surface area contributed by atoms with Crippen LogP contribution in [-0.4, -0.2) is 46.8 Å². The number of hydrogen-bond acceptors (Lipinski definition) is 3. The lowest BCUT2D eigenvalue weighted by atomic mass is 10.3. The van der Waals surface area contributed by atoms with E-state index in [9.17, 15) is 0 Å². The summed E-state index contributed by atoms with van der Waals surface area (Å²) in [7, 11) is 3.32. The van der Waals surface area contributed by atoms with Gasteiger partial charge in [-0.3, -0.25) is 0 Å². The molecule has 0 saturated heterocycles. The molecule has 3 nitrogen and oxygen atoms in total. The Kier molecular flexibility index (Phi) is 14.6. The van der Waals surface area contributed by atoms with Crippen LogP contribution in [-0.2, 0) is 8.85 Å². The molecule has 0 aromatic heterocycles. The lowest BCUT2D eigenvalue weighted by Crippen LogP contribution is -2.16. The van der Waals surface area contributed by atoms with Gasteiger partial charge in [0, 0.05) is 14.2 Å². The van der Waals surface area contributed by atoms with Gasteiger partial charge in [-0.25, -0.2) is 0 Å². The second-order valence-corrected chi connectivity index (χ2v) is 7.24. The summed E-state index contributed by atoms with van der Waals surface area (Å²) in [5.41, 5.74) is 0. The van der Waals surface area contributed by atoms with Gasteiger partial charge in [-0.15, -0.1) is 0 Å². The molecule has 0 radical (unpaired) electrons. The van der Waals surface area contributed by atoms with Crippen molar-refractivity contribution in [3.05, 3.63) is 0 Å². The minimum absolute atomic E-state index is 0.169. The summed E-state index contributed by atoms with van der Waals surface area (Å²) < 4.78 is 10.3. The highest BCUT2D eigenvalue weighted by Gasteiger charge is 1.91. The van der Waals surface area contributed by atoms with Gasteiger partial charge in [-0.1, -0.05) is 12.8 Å². The monoisotopic (exact) mass is 249 g/mol. The van der Waals surface area contributed by atoms with Crippen LogP contribution in [0.25, 0.3) is 0 Å². The SMILES string of the molecule is CO[SiH2]CCCCNCCCC[SiH2]OC. The average Bonchev–Trinajstić information content (AvgIpc) is 2.26. The maximum atomic E-state index is 5.13. The van der Waals surface area contributed by atoms with Crippen LogP contribution < -0.4 is 5.32 Å². The van der Waals surface area contributed by atoms with Crippen LogP contribution in [0.2, 0.25) is 12.1 Å². The van der Waals surface area contributed by atoms with E-state index in [0.717, 1.165) is 0 Å². The molecule has 0 bridgehead atoms. The standard InChI is InChI=1S/C10H27NO2Si2/c1-12-14-9-5-3-7-11-8-4-6-10-15-13-2/h11H,3-10,14-15H2,1-2H3. The fourth-order valence-electron chi connectivity index (χ4n) is 1.47. The Morgan fingerprint density at radius 1 is 0.800 bits per heavy atom. The lowest BCUT2D eigenvalue weighted by Gasteiger charge is -2.04. The van der Waals surface area contributed by atoms with Gasteiger partial charge in [0.15, 0.2) is 19.5 Å². The molecular weight excluding hydrogens is 222 g/mol. The van der Waals surface area contributed by atoms with Crippen LogP contribution in [0, 0.1) is 0 Å². The largest absolute Gasteiger partial charge is 0.427 e. The molecule has 0 aromatic carbocycles. The van der Waals surface area contributed by atoms with Crippen molar-refractivity contribution in [2.24, 2.45) is 0 Å². The van der Waals surface area contributed by atoms with Gasteiger partial charge in [-0.2, -0.15) is 0 Å². The first-order chi connectivity index (χ1) is 7.41. The van der Waals surface area contributed by atoms with Crippen molar-refractivity contribution in [3.8, 4) is 0 Å². The van der Waals surface area contributed by atoms with E-state index in [1.807, 2.05) is 14.2 Å². The summed E-state index contributed by atoms with van der Waals surface area (Å²) in [6, 6.07) is 2.66. The number of rotatable bonds is 12. The Hall–Kier alpha value is 0.314. The normalized spacial score (nSPS) is 12.4. The first-order valence-electron chi connectivity index (χ1n) is 6.10. The quantitative estimate of drug-likeness (QED) is 0.402. The molecular formula is C10H27NO2Si2. The number of hydrogen-bond donors (Lipinski definition) is 1. The van der Waals surface area contributed by atoms with Crippen molar-refractivity contribution in [2.45, 2.75) is 37.8 Å². The molecule has 0 fully saturated rings. The van der Waals surface area contributed by atoms with Gasteiger partial charge in [0.1, 0.15) is 0 Å². The van der Waals surface area contributed by atoms with Gasteiger partial charge < -0.3 is 14.2 Å². The van der Waals surface area contributed by atoms with Gasteiger partial charge in [-0.05, 0) is 38.0 Å². The zero-order valence-corrected chi connectivity index (χ0v) is 13.2. The van der Waals surface area contributed by atoms with Crippen molar-refractivity contribution in [2.75, 3.05) is 27.3 Å². The first kappa shape index (κ1) is 15.3. The molecule has 0 saturated carbocycles. The van der Waals surface area contributed by atoms with Crippen LogP contribution in [0.1, 0.15) is 25.7 Å². The minimum Gasteiger partial charge on any atom is -0.427 e. The van der Waals surface area contributed by atoms with E-state index in [1.165, 1.54) is 50.9 Å². The van der Waals surface area contributed by atoms with Crippen LogP contribution in [0.5, 0.6) is 0 Å². The van der Waals surface area contributed by atoms with E-state index in [2.05, 4.69) is 5.32 Å². The van der Waals surface area contributed by atoms with Crippen molar-refractivity contribution in [1.82, 2.24) is 5.32 Å². The van der Waals surface area contributed by atoms with E-state index in [-0.39, 0.29) is 19.5 Å². The molecule has 0 heterocycles. The van der Waals surface area contributed by atoms with Gasteiger partial charge in [0.25, 0.3) is 0 Å². The van der Waals surface area contributed by atoms with Crippen LogP contribution in [0.3, 0.4) is 0 Å². The van der Waals surface area contributed by atoms with E-state index in [4.69, 9.17) is 8.85 Å². The van der Waals surface area contributed by atoms with E-state index < -0.39 is 0 Å².